The van der Waals surface area contributed by atoms with Gasteiger partial charge in [-0.3, -0.25) is 0 Å². The van der Waals surface area contributed by atoms with Gasteiger partial charge in [-0.25, -0.2) is 4.79 Å². The summed E-state index contributed by atoms with van der Waals surface area (Å²) in [5.74, 6) is 1.29. The SMILES string of the molecule is NC(=O)N[C@H](CN1CCCC1)[C@H](O)c1ccc2c(c1)OCCO2. The van der Waals surface area contributed by atoms with Crippen molar-refractivity contribution in [1.29, 1.82) is 0 Å². The number of nitrogens with two attached hydrogens (primary N) is 1. The van der Waals surface area contributed by atoms with Crippen LogP contribution in [0.2, 0.25) is 0 Å². The third kappa shape index (κ3) is 3.86. The van der Waals surface area contributed by atoms with Gasteiger partial charge in [0.1, 0.15) is 19.3 Å². The summed E-state index contributed by atoms with van der Waals surface area (Å²) in [5, 5.41) is 13.4. The monoisotopic (exact) mass is 321 g/mol. The van der Waals surface area contributed by atoms with E-state index in [1.54, 1.807) is 18.2 Å². The minimum absolute atomic E-state index is 0.465. The Bertz CT molecular complexity index is 560. The van der Waals surface area contributed by atoms with Crippen LogP contribution in [0, 0.1) is 0 Å². The zero-order valence-electron chi connectivity index (χ0n) is 13.0. The zero-order valence-corrected chi connectivity index (χ0v) is 13.0. The van der Waals surface area contributed by atoms with Crippen LogP contribution in [0.3, 0.4) is 0 Å². The molecule has 7 heteroatoms. The maximum absolute atomic E-state index is 11.3. The fourth-order valence-corrected chi connectivity index (χ4v) is 3.13. The van der Waals surface area contributed by atoms with Crippen molar-refractivity contribution in [3.05, 3.63) is 23.8 Å². The van der Waals surface area contributed by atoms with Crippen LogP contribution >= 0.6 is 0 Å². The second kappa shape index (κ2) is 7.06. The van der Waals surface area contributed by atoms with Gasteiger partial charge in [0, 0.05) is 6.54 Å². The summed E-state index contributed by atoms with van der Waals surface area (Å²) < 4.78 is 11.0. The van der Waals surface area contributed by atoms with E-state index in [1.165, 1.54) is 0 Å². The average molecular weight is 321 g/mol. The summed E-state index contributed by atoms with van der Waals surface area (Å²) in [5.41, 5.74) is 5.94. The Hall–Kier alpha value is -1.99. The molecule has 2 aliphatic rings. The number of rotatable bonds is 5. The number of primary amides is 1. The zero-order chi connectivity index (χ0) is 16.2. The minimum Gasteiger partial charge on any atom is -0.486 e. The summed E-state index contributed by atoms with van der Waals surface area (Å²) in [4.78, 5) is 13.5. The van der Waals surface area contributed by atoms with E-state index in [0.717, 1.165) is 25.9 Å². The number of nitrogens with one attached hydrogen (secondary N) is 1. The van der Waals surface area contributed by atoms with E-state index in [-0.39, 0.29) is 0 Å². The van der Waals surface area contributed by atoms with Gasteiger partial charge < -0.3 is 30.5 Å². The lowest BCUT2D eigenvalue weighted by Gasteiger charge is -2.28. The Balaban J connectivity index is 1.75. The maximum Gasteiger partial charge on any atom is 0.312 e. The highest BCUT2D eigenvalue weighted by molar-refractivity contribution is 5.72. The highest BCUT2D eigenvalue weighted by Gasteiger charge is 2.27. The second-order valence-electron chi connectivity index (χ2n) is 5.97. The normalized spacial score (nSPS) is 20.0. The molecule has 2 amide bonds. The molecule has 0 unspecified atom stereocenters. The number of aliphatic hydroxyl groups excluding tert-OH is 1. The first-order valence-electron chi connectivity index (χ1n) is 7.99. The molecule has 1 aromatic rings. The Morgan fingerprint density at radius 3 is 2.65 bits per heavy atom. The molecule has 2 atom stereocenters. The van der Waals surface area contributed by atoms with Gasteiger partial charge >= 0.3 is 6.03 Å². The lowest BCUT2D eigenvalue weighted by atomic mass is 10.0. The fraction of sp³-hybridized carbons (Fsp3) is 0.562. The summed E-state index contributed by atoms with van der Waals surface area (Å²) in [6.45, 7) is 3.53. The van der Waals surface area contributed by atoms with Crippen molar-refractivity contribution in [2.45, 2.75) is 25.0 Å². The highest BCUT2D eigenvalue weighted by Crippen LogP contribution is 2.33. The van der Waals surface area contributed by atoms with Gasteiger partial charge in [-0.2, -0.15) is 0 Å². The molecule has 0 spiro atoms. The molecule has 2 aliphatic heterocycles. The van der Waals surface area contributed by atoms with E-state index in [0.29, 0.717) is 36.8 Å². The molecule has 0 radical (unpaired) electrons. The van der Waals surface area contributed by atoms with Crippen LogP contribution in [0.5, 0.6) is 11.5 Å². The first-order chi connectivity index (χ1) is 11.1. The number of ether oxygens (including phenoxy) is 2. The lowest BCUT2D eigenvalue weighted by molar-refractivity contribution is 0.109. The molecule has 23 heavy (non-hydrogen) atoms. The van der Waals surface area contributed by atoms with Crippen LogP contribution in [-0.4, -0.2) is 54.9 Å². The van der Waals surface area contributed by atoms with E-state index in [9.17, 15) is 9.90 Å². The van der Waals surface area contributed by atoms with Crippen LogP contribution in [0.1, 0.15) is 24.5 Å². The molecular weight excluding hydrogens is 298 g/mol. The number of hydrogen-bond donors (Lipinski definition) is 3. The standard InChI is InChI=1S/C16H23N3O4/c17-16(21)18-12(10-19-5-1-2-6-19)15(20)11-3-4-13-14(9-11)23-8-7-22-13/h3-4,9,12,15,20H,1-2,5-8,10H2,(H3,17,18,21)/t12-,15-/m1/s1. The Morgan fingerprint density at radius 2 is 1.96 bits per heavy atom. The molecule has 7 nitrogen and oxygen atoms in total. The van der Waals surface area contributed by atoms with E-state index < -0.39 is 18.2 Å². The number of carbonyl (C=O) groups excluding carboxylic acids is 1. The van der Waals surface area contributed by atoms with Crippen molar-refractivity contribution in [1.82, 2.24) is 10.2 Å². The van der Waals surface area contributed by atoms with Crippen molar-refractivity contribution in [3.63, 3.8) is 0 Å². The molecule has 3 rings (SSSR count). The number of fused-ring (bicyclic) bond motifs is 1. The van der Waals surface area contributed by atoms with Gasteiger partial charge in [0.15, 0.2) is 11.5 Å². The van der Waals surface area contributed by atoms with Crippen molar-refractivity contribution in [2.24, 2.45) is 5.73 Å². The molecule has 0 aliphatic carbocycles. The summed E-state index contributed by atoms with van der Waals surface area (Å²) in [7, 11) is 0. The predicted molar refractivity (Wildman–Crippen MR) is 84.6 cm³/mol. The largest absolute Gasteiger partial charge is 0.486 e. The molecule has 126 valence electrons. The van der Waals surface area contributed by atoms with E-state index in [2.05, 4.69) is 10.2 Å². The number of hydrogen-bond acceptors (Lipinski definition) is 5. The van der Waals surface area contributed by atoms with Gasteiger partial charge in [-0.05, 0) is 43.6 Å². The van der Waals surface area contributed by atoms with Crippen LogP contribution in [0.25, 0.3) is 0 Å². The topological polar surface area (TPSA) is 97.1 Å². The molecule has 2 heterocycles. The lowest BCUT2D eigenvalue weighted by Crippen LogP contribution is -2.48. The molecular formula is C16H23N3O4. The summed E-state index contributed by atoms with van der Waals surface area (Å²) in [6, 6.07) is 4.24. The smallest absolute Gasteiger partial charge is 0.312 e. The van der Waals surface area contributed by atoms with Crippen molar-refractivity contribution in [3.8, 4) is 11.5 Å². The third-order valence-corrected chi connectivity index (χ3v) is 4.27. The summed E-state index contributed by atoms with van der Waals surface area (Å²) >= 11 is 0. The van der Waals surface area contributed by atoms with Crippen LogP contribution in [0.4, 0.5) is 4.79 Å². The fourth-order valence-electron chi connectivity index (χ4n) is 3.13. The van der Waals surface area contributed by atoms with Crippen LogP contribution < -0.4 is 20.5 Å². The van der Waals surface area contributed by atoms with Crippen LogP contribution in [-0.2, 0) is 0 Å². The molecule has 1 saturated heterocycles. The minimum atomic E-state index is -0.862. The van der Waals surface area contributed by atoms with E-state index >= 15 is 0 Å². The Labute approximate surface area is 135 Å². The maximum atomic E-state index is 11.3. The van der Waals surface area contributed by atoms with Crippen molar-refractivity contribution >= 4 is 6.03 Å². The predicted octanol–water partition coefficient (Wildman–Crippen LogP) is 0.624. The highest BCUT2D eigenvalue weighted by atomic mass is 16.6. The number of carbonyl (C=O) groups is 1. The number of benzene rings is 1. The van der Waals surface area contributed by atoms with Crippen LogP contribution in [0.15, 0.2) is 18.2 Å². The van der Waals surface area contributed by atoms with Gasteiger partial charge in [-0.15, -0.1) is 0 Å². The molecule has 1 fully saturated rings. The third-order valence-electron chi connectivity index (χ3n) is 4.27. The van der Waals surface area contributed by atoms with E-state index in [1.807, 2.05) is 0 Å². The summed E-state index contributed by atoms with van der Waals surface area (Å²) in [6.07, 6.45) is 1.42. The first kappa shape index (κ1) is 15.9. The second-order valence-corrected chi connectivity index (χ2v) is 5.97. The van der Waals surface area contributed by atoms with Crippen molar-refractivity contribution in [2.75, 3.05) is 32.8 Å². The average Bonchev–Trinajstić information content (AvgIpc) is 3.06. The van der Waals surface area contributed by atoms with E-state index in [4.69, 9.17) is 15.2 Å². The molecule has 4 N–H and O–H groups in total. The molecule has 0 bridgehead atoms. The van der Waals surface area contributed by atoms with Gasteiger partial charge in [0.05, 0.1) is 6.04 Å². The number of aliphatic hydroxyl groups is 1. The number of likely N-dealkylation sites (tertiary alicyclic amines) is 1. The molecule has 1 aromatic carbocycles. The number of nitrogens with zero attached hydrogens (tertiary/aromatic N) is 1. The van der Waals surface area contributed by atoms with Gasteiger partial charge in [0.25, 0.3) is 0 Å². The molecule has 0 aromatic heterocycles. The Morgan fingerprint density at radius 1 is 1.26 bits per heavy atom. The molecule has 0 saturated carbocycles. The number of urea groups is 1. The van der Waals surface area contributed by atoms with Crippen molar-refractivity contribution < 1.29 is 19.4 Å². The Kier molecular flexibility index (Phi) is 4.88. The van der Waals surface area contributed by atoms with Gasteiger partial charge in [0.2, 0.25) is 0 Å². The quantitative estimate of drug-likeness (QED) is 0.739. The van der Waals surface area contributed by atoms with Gasteiger partial charge in [-0.1, -0.05) is 6.07 Å². The number of amides is 2. The first-order valence-corrected chi connectivity index (χ1v) is 7.99.